The summed E-state index contributed by atoms with van der Waals surface area (Å²) in [5.41, 5.74) is -0.235. The first-order valence-electron chi connectivity index (χ1n) is 5.16. The SMILES string of the molecule is CC1(C)OCC(CNc2ncc[nH]c2=O)O1. The number of hydrogen-bond donors (Lipinski definition) is 2. The molecule has 16 heavy (non-hydrogen) atoms. The molecule has 0 spiro atoms. The van der Waals surface area contributed by atoms with Gasteiger partial charge in [0.05, 0.1) is 6.61 Å². The van der Waals surface area contributed by atoms with Crippen LogP contribution in [0.4, 0.5) is 5.82 Å². The molecular weight excluding hydrogens is 210 g/mol. The van der Waals surface area contributed by atoms with Gasteiger partial charge in [-0.15, -0.1) is 0 Å². The lowest BCUT2D eigenvalue weighted by atomic mass is 10.3. The van der Waals surface area contributed by atoms with Crippen molar-refractivity contribution in [3.05, 3.63) is 22.7 Å². The monoisotopic (exact) mass is 225 g/mol. The molecule has 88 valence electrons. The van der Waals surface area contributed by atoms with Gasteiger partial charge in [0.1, 0.15) is 6.10 Å². The zero-order valence-electron chi connectivity index (χ0n) is 9.32. The van der Waals surface area contributed by atoms with Gasteiger partial charge in [0.15, 0.2) is 11.6 Å². The van der Waals surface area contributed by atoms with Crippen LogP contribution in [0.1, 0.15) is 13.8 Å². The number of rotatable bonds is 3. The normalized spacial score (nSPS) is 23.2. The lowest BCUT2D eigenvalue weighted by Crippen LogP contribution is -2.28. The van der Waals surface area contributed by atoms with E-state index in [0.29, 0.717) is 19.0 Å². The number of aromatic amines is 1. The fourth-order valence-electron chi connectivity index (χ4n) is 1.55. The van der Waals surface area contributed by atoms with E-state index >= 15 is 0 Å². The minimum atomic E-state index is -0.539. The molecule has 1 aromatic heterocycles. The van der Waals surface area contributed by atoms with Crippen molar-refractivity contribution in [2.75, 3.05) is 18.5 Å². The molecule has 0 amide bonds. The Morgan fingerprint density at radius 2 is 2.50 bits per heavy atom. The summed E-state index contributed by atoms with van der Waals surface area (Å²) in [5.74, 6) is -0.237. The molecule has 2 N–H and O–H groups in total. The molecule has 1 aromatic rings. The highest BCUT2D eigenvalue weighted by atomic mass is 16.7. The maximum atomic E-state index is 11.3. The maximum Gasteiger partial charge on any atom is 0.290 e. The number of nitrogens with one attached hydrogen (secondary N) is 2. The molecule has 1 unspecified atom stereocenters. The van der Waals surface area contributed by atoms with E-state index in [-0.39, 0.29) is 11.7 Å². The molecule has 0 saturated carbocycles. The zero-order chi connectivity index (χ0) is 11.6. The fraction of sp³-hybridized carbons (Fsp3) is 0.600. The molecule has 2 heterocycles. The zero-order valence-corrected chi connectivity index (χ0v) is 9.32. The van der Waals surface area contributed by atoms with Gasteiger partial charge in [-0.1, -0.05) is 0 Å². The van der Waals surface area contributed by atoms with Gasteiger partial charge in [-0.25, -0.2) is 4.98 Å². The summed E-state index contributed by atoms with van der Waals surface area (Å²) < 4.78 is 11.0. The van der Waals surface area contributed by atoms with Gasteiger partial charge in [0.25, 0.3) is 5.56 Å². The van der Waals surface area contributed by atoms with Crippen molar-refractivity contribution in [3.63, 3.8) is 0 Å². The summed E-state index contributed by atoms with van der Waals surface area (Å²) in [6, 6.07) is 0. The topological polar surface area (TPSA) is 76.2 Å². The molecule has 1 fully saturated rings. The van der Waals surface area contributed by atoms with Crippen LogP contribution in [0.2, 0.25) is 0 Å². The number of aromatic nitrogens is 2. The van der Waals surface area contributed by atoms with E-state index in [4.69, 9.17) is 9.47 Å². The van der Waals surface area contributed by atoms with Crippen LogP contribution in [0.25, 0.3) is 0 Å². The van der Waals surface area contributed by atoms with Gasteiger partial charge in [-0.3, -0.25) is 4.79 Å². The van der Waals surface area contributed by atoms with E-state index in [1.807, 2.05) is 13.8 Å². The van der Waals surface area contributed by atoms with E-state index in [1.165, 1.54) is 12.4 Å². The van der Waals surface area contributed by atoms with Crippen molar-refractivity contribution in [1.29, 1.82) is 0 Å². The van der Waals surface area contributed by atoms with Crippen LogP contribution in [0.15, 0.2) is 17.2 Å². The van der Waals surface area contributed by atoms with Gasteiger partial charge in [0.2, 0.25) is 0 Å². The second-order valence-corrected chi connectivity index (χ2v) is 4.10. The first-order valence-corrected chi connectivity index (χ1v) is 5.16. The fourth-order valence-corrected chi connectivity index (χ4v) is 1.55. The number of H-pyrrole nitrogens is 1. The average Bonchev–Trinajstić information content (AvgIpc) is 2.57. The van der Waals surface area contributed by atoms with Gasteiger partial charge in [-0.2, -0.15) is 0 Å². The van der Waals surface area contributed by atoms with Crippen LogP contribution in [0.3, 0.4) is 0 Å². The van der Waals surface area contributed by atoms with Crippen molar-refractivity contribution in [2.24, 2.45) is 0 Å². The Morgan fingerprint density at radius 1 is 1.69 bits per heavy atom. The Bertz CT molecular complexity index is 416. The van der Waals surface area contributed by atoms with Crippen molar-refractivity contribution in [1.82, 2.24) is 9.97 Å². The number of ether oxygens (including phenoxy) is 2. The van der Waals surface area contributed by atoms with Crippen molar-refractivity contribution in [3.8, 4) is 0 Å². The lowest BCUT2D eigenvalue weighted by molar-refractivity contribution is -0.136. The highest BCUT2D eigenvalue weighted by Crippen LogP contribution is 2.21. The second-order valence-electron chi connectivity index (χ2n) is 4.10. The van der Waals surface area contributed by atoms with E-state index < -0.39 is 5.79 Å². The van der Waals surface area contributed by atoms with Crippen LogP contribution in [-0.2, 0) is 9.47 Å². The Kier molecular flexibility index (Phi) is 2.93. The standard InChI is InChI=1S/C10H15N3O3/c1-10(2)15-6-7(16-10)5-13-8-9(14)12-4-3-11-8/h3-4,7H,5-6H2,1-2H3,(H,11,13)(H,12,14). The molecule has 0 aromatic carbocycles. The average molecular weight is 225 g/mol. The molecule has 1 aliphatic heterocycles. The molecule has 0 bridgehead atoms. The minimum absolute atomic E-state index is 0.0589. The Hall–Kier alpha value is -1.40. The Morgan fingerprint density at radius 3 is 3.12 bits per heavy atom. The third kappa shape index (κ3) is 2.59. The summed E-state index contributed by atoms with van der Waals surface area (Å²) in [6.45, 7) is 4.75. The van der Waals surface area contributed by atoms with Crippen LogP contribution in [0.5, 0.6) is 0 Å². The molecule has 6 nitrogen and oxygen atoms in total. The summed E-state index contributed by atoms with van der Waals surface area (Å²) in [5, 5.41) is 2.93. The van der Waals surface area contributed by atoms with Crippen LogP contribution in [0, 0.1) is 0 Å². The van der Waals surface area contributed by atoms with Crippen LogP contribution >= 0.6 is 0 Å². The third-order valence-corrected chi connectivity index (χ3v) is 2.27. The summed E-state index contributed by atoms with van der Waals surface area (Å²) in [6.07, 6.45) is 2.96. The molecular formula is C10H15N3O3. The van der Waals surface area contributed by atoms with Gasteiger partial charge < -0.3 is 19.8 Å². The van der Waals surface area contributed by atoms with E-state index in [1.54, 1.807) is 0 Å². The summed E-state index contributed by atoms with van der Waals surface area (Å²) in [7, 11) is 0. The minimum Gasteiger partial charge on any atom is -0.363 e. The molecule has 2 rings (SSSR count). The smallest absolute Gasteiger partial charge is 0.290 e. The maximum absolute atomic E-state index is 11.3. The quantitative estimate of drug-likeness (QED) is 0.775. The second kappa shape index (κ2) is 4.23. The van der Waals surface area contributed by atoms with Crippen molar-refractivity contribution in [2.45, 2.75) is 25.7 Å². The van der Waals surface area contributed by atoms with Gasteiger partial charge >= 0.3 is 0 Å². The highest BCUT2D eigenvalue weighted by Gasteiger charge is 2.32. The molecule has 1 atom stereocenters. The molecule has 6 heteroatoms. The van der Waals surface area contributed by atoms with Gasteiger partial charge in [-0.05, 0) is 13.8 Å². The van der Waals surface area contributed by atoms with E-state index in [0.717, 1.165) is 0 Å². The van der Waals surface area contributed by atoms with Crippen LogP contribution in [-0.4, -0.2) is 35.0 Å². The molecule has 0 aliphatic carbocycles. The largest absolute Gasteiger partial charge is 0.363 e. The number of anilines is 1. The summed E-state index contributed by atoms with van der Waals surface area (Å²) in [4.78, 5) is 17.8. The Balaban J connectivity index is 1.90. The summed E-state index contributed by atoms with van der Waals surface area (Å²) >= 11 is 0. The molecule has 0 radical (unpaired) electrons. The number of hydrogen-bond acceptors (Lipinski definition) is 5. The highest BCUT2D eigenvalue weighted by molar-refractivity contribution is 5.30. The lowest BCUT2D eigenvalue weighted by Gasteiger charge is -2.17. The molecule has 1 aliphatic rings. The van der Waals surface area contributed by atoms with Crippen molar-refractivity contribution >= 4 is 5.82 Å². The first kappa shape index (κ1) is 11.1. The third-order valence-electron chi connectivity index (χ3n) is 2.27. The molecule has 1 saturated heterocycles. The van der Waals surface area contributed by atoms with Crippen LogP contribution < -0.4 is 10.9 Å². The predicted molar refractivity (Wildman–Crippen MR) is 58.3 cm³/mol. The van der Waals surface area contributed by atoms with E-state index in [9.17, 15) is 4.79 Å². The predicted octanol–water partition coefficient (Wildman–Crippen LogP) is 0.333. The Labute approximate surface area is 93.0 Å². The number of nitrogens with zero attached hydrogens (tertiary/aromatic N) is 1. The van der Waals surface area contributed by atoms with Gasteiger partial charge in [0, 0.05) is 18.9 Å². The first-order chi connectivity index (χ1) is 7.57. The van der Waals surface area contributed by atoms with E-state index in [2.05, 4.69) is 15.3 Å². The van der Waals surface area contributed by atoms with Crippen molar-refractivity contribution < 1.29 is 9.47 Å².